The predicted octanol–water partition coefficient (Wildman–Crippen LogP) is 2.15. The van der Waals surface area contributed by atoms with E-state index in [9.17, 15) is 0 Å². The first kappa shape index (κ1) is 13.1. The highest BCUT2D eigenvalue weighted by molar-refractivity contribution is 5.45. The molecule has 98 valence electrons. The molecular formula is C14H15N3O2. The molecule has 1 N–H and O–H groups in total. The van der Waals surface area contributed by atoms with E-state index in [1.807, 2.05) is 19.1 Å². The number of methoxy groups -OCH3 is 1. The smallest absolute Gasteiger partial charge is 0.208 e. The molecule has 0 aliphatic heterocycles. The van der Waals surface area contributed by atoms with Gasteiger partial charge in [-0.2, -0.15) is 5.26 Å². The van der Waals surface area contributed by atoms with E-state index in [1.165, 1.54) is 0 Å². The highest BCUT2D eigenvalue weighted by atomic mass is 16.5. The van der Waals surface area contributed by atoms with Gasteiger partial charge in [0.05, 0.1) is 25.4 Å². The number of hydrogen-bond donors (Lipinski definition) is 1. The van der Waals surface area contributed by atoms with Crippen molar-refractivity contribution in [1.82, 2.24) is 10.3 Å². The minimum atomic E-state index is 0.536. The van der Waals surface area contributed by atoms with E-state index in [2.05, 4.69) is 16.4 Å². The summed E-state index contributed by atoms with van der Waals surface area (Å²) in [5, 5.41) is 12.2. The molecule has 5 nitrogen and oxygen atoms in total. The molecule has 0 radical (unpaired) electrons. The Balaban J connectivity index is 1.95. The number of nitriles is 1. The number of hydrogen-bond acceptors (Lipinski definition) is 5. The van der Waals surface area contributed by atoms with Crippen molar-refractivity contribution < 1.29 is 9.15 Å². The maximum atomic E-state index is 9.00. The van der Waals surface area contributed by atoms with Gasteiger partial charge >= 0.3 is 0 Å². The van der Waals surface area contributed by atoms with Crippen molar-refractivity contribution in [2.75, 3.05) is 7.11 Å². The van der Waals surface area contributed by atoms with Gasteiger partial charge in [-0.25, -0.2) is 4.98 Å². The molecule has 0 saturated heterocycles. The fourth-order valence-corrected chi connectivity index (χ4v) is 1.75. The molecule has 2 aromatic rings. The van der Waals surface area contributed by atoms with Crippen molar-refractivity contribution in [2.45, 2.75) is 20.0 Å². The lowest BCUT2D eigenvalue weighted by atomic mass is 10.1. The summed E-state index contributed by atoms with van der Waals surface area (Å²) >= 11 is 0. The van der Waals surface area contributed by atoms with Crippen LogP contribution in [-0.2, 0) is 13.1 Å². The first-order valence-corrected chi connectivity index (χ1v) is 5.92. The minimum absolute atomic E-state index is 0.536. The van der Waals surface area contributed by atoms with Gasteiger partial charge in [0.25, 0.3) is 0 Å². The molecule has 2 rings (SSSR count). The van der Waals surface area contributed by atoms with Crippen molar-refractivity contribution in [2.24, 2.45) is 0 Å². The lowest BCUT2D eigenvalue weighted by Gasteiger charge is -2.06. The molecule has 1 aromatic heterocycles. The lowest BCUT2D eigenvalue weighted by molar-refractivity contribution is 0.413. The Morgan fingerprint density at radius 1 is 1.42 bits per heavy atom. The first-order chi connectivity index (χ1) is 9.22. The van der Waals surface area contributed by atoms with E-state index in [0.29, 0.717) is 30.3 Å². The van der Waals surface area contributed by atoms with Gasteiger partial charge in [0.15, 0.2) is 0 Å². The molecule has 19 heavy (non-hydrogen) atoms. The zero-order valence-corrected chi connectivity index (χ0v) is 10.9. The van der Waals surface area contributed by atoms with Crippen LogP contribution < -0.4 is 10.1 Å². The molecule has 0 unspecified atom stereocenters. The van der Waals surface area contributed by atoms with Gasteiger partial charge in [-0.1, -0.05) is 6.07 Å². The molecular weight excluding hydrogens is 242 g/mol. The number of ether oxygens (including phenoxy) is 1. The third-order valence-electron chi connectivity index (χ3n) is 2.66. The third-order valence-corrected chi connectivity index (χ3v) is 2.66. The maximum absolute atomic E-state index is 9.00. The number of nitrogens with one attached hydrogen (secondary N) is 1. The summed E-state index contributed by atoms with van der Waals surface area (Å²) in [6, 6.07) is 7.65. The van der Waals surface area contributed by atoms with Gasteiger partial charge in [-0.05, 0) is 24.6 Å². The van der Waals surface area contributed by atoms with Crippen LogP contribution in [0, 0.1) is 18.3 Å². The fraction of sp³-hybridized carbons (Fsp3) is 0.286. The zero-order valence-electron chi connectivity index (χ0n) is 10.9. The number of benzene rings is 1. The van der Waals surface area contributed by atoms with Crippen LogP contribution in [0.2, 0.25) is 0 Å². The van der Waals surface area contributed by atoms with E-state index in [0.717, 1.165) is 11.3 Å². The second-order valence-electron chi connectivity index (χ2n) is 4.11. The molecule has 0 amide bonds. The second-order valence-corrected chi connectivity index (χ2v) is 4.11. The number of aryl methyl sites for hydroxylation is 1. The number of oxazole rings is 1. The highest BCUT2D eigenvalue weighted by Gasteiger charge is 2.04. The standard InChI is InChI=1S/C14H15N3O2/c1-10-7-17-14(19-10)9-16-8-11-3-4-13(18-2)12(5-11)6-15/h3-5,7,16H,8-9H2,1-2H3. The Morgan fingerprint density at radius 3 is 2.89 bits per heavy atom. The average molecular weight is 257 g/mol. The molecule has 0 saturated carbocycles. The van der Waals surface area contributed by atoms with Crippen LogP contribution >= 0.6 is 0 Å². The Morgan fingerprint density at radius 2 is 2.26 bits per heavy atom. The summed E-state index contributed by atoms with van der Waals surface area (Å²) in [5.41, 5.74) is 1.55. The molecule has 1 heterocycles. The van der Waals surface area contributed by atoms with E-state index < -0.39 is 0 Å². The summed E-state index contributed by atoms with van der Waals surface area (Å²) in [6.45, 7) is 3.06. The van der Waals surface area contributed by atoms with Crippen molar-refractivity contribution in [3.63, 3.8) is 0 Å². The summed E-state index contributed by atoms with van der Waals surface area (Å²) < 4.78 is 10.5. The first-order valence-electron chi connectivity index (χ1n) is 5.92. The Bertz CT molecular complexity index is 599. The largest absolute Gasteiger partial charge is 0.495 e. The second kappa shape index (κ2) is 6.03. The lowest BCUT2D eigenvalue weighted by Crippen LogP contribution is -2.13. The van der Waals surface area contributed by atoms with Crippen molar-refractivity contribution in [3.05, 3.63) is 47.2 Å². The minimum Gasteiger partial charge on any atom is -0.495 e. The van der Waals surface area contributed by atoms with Crippen LogP contribution in [0.4, 0.5) is 0 Å². The van der Waals surface area contributed by atoms with E-state index >= 15 is 0 Å². The quantitative estimate of drug-likeness (QED) is 0.888. The van der Waals surface area contributed by atoms with Crippen LogP contribution in [-0.4, -0.2) is 12.1 Å². The summed E-state index contributed by atoms with van der Waals surface area (Å²) in [6.07, 6.45) is 1.69. The summed E-state index contributed by atoms with van der Waals surface area (Å²) in [7, 11) is 1.55. The van der Waals surface area contributed by atoms with Crippen LogP contribution in [0.3, 0.4) is 0 Å². The predicted molar refractivity (Wildman–Crippen MR) is 69.5 cm³/mol. The van der Waals surface area contributed by atoms with Gasteiger partial charge in [0, 0.05) is 6.54 Å². The Kier molecular flexibility index (Phi) is 4.16. The zero-order chi connectivity index (χ0) is 13.7. The summed E-state index contributed by atoms with van der Waals surface area (Å²) in [4.78, 5) is 4.11. The molecule has 0 aliphatic rings. The maximum Gasteiger partial charge on any atom is 0.208 e. The molecule has 0 bridgehead atoms. The van der Waals surface area contributed by atoms with Crippen LogP contribution in [0.5, 0.6) is 5.75 Å². The number of aromatic nitrogens is 1. The van der Waals surface area contributed by atoms with Gasteiger partial charge in [0.1, 0.15) is 17.6 Å². The van der Waals surface area contributed by atoms with Crippen LogP contribution in [0.25, 0.3) is 0 Å². The molecule has 0 aliphatic carbocycles. The van der Waals surface area contributed by atoms with E-state index in [4.69, 9.17) is 14.4 Å². The Labute approximate surface area is 111 Å². The SMILES string of the molecule is COc1ccc(CNCc2ncc(C)o2)cc1C#N. The van der Waals surface area contributed by atoms with Gasteiger partial charge < -0.3 is 14.5 Å². The number of rotatable bonds is 5. The normalized spacial score (nSPS) is 10.2. The van der Waals surface area contributed by atoms with E-state index in [1.54, 1.807) is 19.4 Å². The molecule has 0 atom stereocenters. The van der Waals surface area contributed by atoms with Crippen LogP contribution in [0.1, 0.15) is 22.8 Å². The highest BCUT2D eigenvalue weighted by Crippen LogP contribution is 2.18. The van der Waals surface area contributed by atoms with Crippen molar-refractivity contribution >= 4 is 0 Å². The molecule has 5 heteroatoms. The van der Waals surface area contributed by atoms with E-state index in [-0.39, 0.29) is 0 Å². The van der Waals surface area contributed by atoms with Gasteiger partial charge in [-0.15, -0.1) is 0 Å². The number of nitrogens with zero attached hydrogens (tertiary/aromatic N) is 2. The van der Waals surface area contributed by atoms with Crippen molar-refractivity contribution in [1.29, 1.82) is 5.26 Å². The monoisotopic (exact) mass is 257 g/mol. The van der Waals surface area contributed by atoms with Crippen molar-refractivity contribution in [3.8, 4) is 11.8 Å². The van der Waals surface area contributed by atoms with Gasteiger partial charge in [0.2, 0.25) is 5.89 Å². The average Bonchev–Trinajstić information content (AvgIpc) is 2.84. The van der Waals surface area contributed by atoms with Crippen LogP contribution in [0.15, 0.2) is 28.8 Å². The fourth-order valence-electron chi connectivity index (χ4n) is 1.75. The molecule has 1 aromatic carbocycles. The summed E-state index contributed by atoms with van der Waals surface area (Å²) in [5.74, 6) is 2.05. The third kappa shape index (κ3) is 3.33. The topological polar surface area (TPSA) is 71.1 Å². The molecule has 0 fully saturated rings. The molecule has 0 spiro atoms. The Hall–Kier alpha value is -2.32. The van der Waals surface area contributed by atoms with Gasteiger partial charge in [-0.3, -0.25) is 0 Å².